The van der Waals surface area contributed by atoms with Crippen LogP contribution < -0.4 is 4.74 Å². The quantitative estimate of drug-likeness (QED) is 0.727. The standard InChI is InChI=1S/C15H12OS/c1-11-7-8-13-15(9-11)17-10-14(16-13)12-5-3-2-4-6-12/h2-10H,1H3. The minimum Gasteiger partial charge on any atom is -0.455 e. The summed E-state index contributed by atoms with van der Waals surface area (Å²) in [6.07, 6.45) is 0. The van der Waals surface area contributed by atoms with E-state index in [9.17, 15) is 0 Å². The molecule has 0 radical (unpaired) electrons. The first-order chi connectivity index (χ1) is 8.33. The lowest BCUT2D eigenvalue weighted by Gasteiger charge is -2.18. The molecule has 1 heterocycles. The summed E-state index contributed by atoms with van der Waals surface area (Å²) in [7, 11) is 0. The number of rotatable bonds is 1. The second kappa shape index (κ2) is 4.30. The van der Waals surface area contributed by atoms with Crippen molar-refractivity contribution in [2.24, 2.45) is 0 Å². The molecule has 0 saturated heterocycles. The largest absolute Gasteiger partial charge is 0.455 e. The van der Waals surface area contributed by atoms with Gasteiger partial charge in [0.1, 0.15) is 11.5 Å². The number of ether oxygens (including phenoxy) is 1. The Labute approximate surface area is 105 Å². The van der Waals surface area contributed by atoms with Crippen molar-refractivity contribution in [3.05, 3.63) is 65.1 Å². The van der Waals surface area contributed by atoms with Gasteiger partial charge in [-0.05, 0) is 24.6 Å². The molecule has 0 saturated carbocycles. The maximum absolute atomic E-state index is 5.91. The summed E-state index contributed by atoms with van der Waals surface area (Å²) in [4.78, 5) is 1.18. The Kier molecular flexibility index (Phi) is 2.65. The van der Waals surface area contributed by atoms with Crippen LogP contribution in [0, 0.1) is 6.92 Å². The van der Waals surface area contributed by atoms with E-state index in [0.29, 0.717) is 0 Å². The van der Waals surface area contributed by atoms with Crippen molar-refractivity contribution in [2.45, 2.75) is 11.8 Å². The van der Waals surface area contributed by atoms with Crippen molar-refractivity contribution >= 4 is 17.5 Å². The summed E-state index contributed by atoms with van der Waals surface area (Å²) in [5, 5.41) is 2.07. The van der Waals surface area contributed by atoms with Gasteiger partial charge in [0.2, 0.25) is 0 Å². The Hall–Kier alpha value is -1.67. The smallest absolute Gasteiger partial charge is 0.141 e. The summed E-state index contributed by atoms with van der Waals surface area (Å²) < 4.78 is 5.91. The number of thioether (sulfide) groups is 1. The highest BCUT2D eigenvalue weighted by Gasteiger charge is 2.14. The topological polar surface area (TPSA) is 9.23 Å². The van der Waals surface area contributed by atoms with Crippen molar-refractivity contribution in [3.63, 3.8) is 0 Å². The Morgan fingerprint density at radius 2 is 1.82 bits per heavy atom. The van der Waals surface area contributed by atoms with Crippen LogP contribution in [0.15, 0.2) is 58.8 Å². The second-order valence-electron chi connectivity index (χ2n) is 4.02. The minimum absolute atomic E-state index is 0.923. The summed E-state index contributed by atoms with van der Waals surface area (Å²) in [5.74, 6) is 1.87. The molecule has 0 atom stereocenters. The van der Waals surface area contributed by atoms with Crippen LogP contribution in [0.4, 0.5) is 0 Å². The van der Waals surface area contributed by atoms with E-state index in [1.54, 1.807) is 11.8 Å². The van der Waals surface area contributed by atoms with Crippen LogP contribution in [0.25, 0.3) is 5.76 Å². The first-order valence-corrected chi connectivity index (χ1v) is 6.42. The van der Waals surface area contributed by atoms with Crippen molar-refractivity contribution in [3.8, 4) is 5.75 Å². The van der Waals surface area contributed by atoms with Crippen LogP contribution in [0.5, 0.6) is 5.75 Å². The number of hydrogen-bond donors (Lipinski definition) is 0. The van der Waals surface area contributed by atoms with E-state index in [-0.39, 0.29) is 0 Å². The van der Waals surface area contributed by atoms with Gasteiger partial charge in [0.15, 0.2) is 0 Å². The molecule has 0 fully saturated rings. The highest BCUT2D eigenvalue weighted by atomic mass is 32.2. The molecule has 0 amide bonds. The Balaban J connectivity index is 1.95. The van der Waals surface area contributed by atoms with Crippen molar-refractivity contribution in [1.29, 1.82) is 0 Å². The maximum atomic E-state index is 5.91. The van der Waals surface area contributed by atoms with Crippen LogP contribution in [-0.4, -0.2) is 0 Å². The van der Waals surface area contributed by atoms with Gasteiger partial charge < -0.3 is 4.74 Å². The molecule has 1 nitrogen and oxygen atoms in total. The van der Waals surface area contributed by atoms with E-state index < -0.39 is 0 Å². The highest BCUT2D eigenvalue weighted by Crippen LogP contribution is 2.39. The van der Waals surface area contributed by atoms with Gasteiger partial charge in [0.25, 0.3) is 0 Å². The van der Waals surface area contributed by atoms with E-state index in [4.69, 9.17) is 4.74 Å². The van der Waals surface area contributed by atoms with Crippen molar-refractivity contribution in [2.75, 3.05) is 0 Å². The third-order valence-electron chi connectivity index (χ3n) is 2.67. The first-order valence-electron chi connectivity index (χ1n) is 5.54. The lowest BCUT2D eigenvalue weighted by Crippen LogP contribution is -1.99. The maximum Gasteiger partial charge on any atom is 0.141 e. The first kappa shape index (κ1) is 10.5. The molecule has 0 bridgehead atoms. The fourth-order valence-corrected chi connectivity index (χ4v) is 2.68. The SMILES string of the molecule is Cc1ccc2c(c1)SC=C(c1ccccc1)O2. The van der Waals surface area contributed by atoms with Gasteiger partial charge in [0, 0.05) is 11.0 Å². The van der Waals surface area contributed by atoms with Crippen LogP contribution in [0.1, 0.15) is 11.1 Å². The van der Waals surface area contributed by atoms with Gasteiger partial charge >= 0.3 is 0 Å². The van der Waals surface area contributed by atoms with E-state index in [2.05, 4.69) is 36.6 Å². The van der Waals surface area contributed by atoms with E-state index >= 15 is 0 Å². The van der Waals surface area contributed by atoms with Crippen LogP contribution in [0.3, 0.4) is 0 Å². The van der Waals surface area contributed by atoms with Gasteiger partial charge in [-0.1, -0.05) is 48.2 Å². The summed E-state index contributed by atoms with van der Waals surface area (Å²) in [6, 6.07) is 16.4. The molecular weight excluding hydrogens is 228 g/mol. The van der Waals surface area contributed by atoms with Crippen LogP contribution in [-0.2, 0) is 0 Å². The van der Waals surface area contributed by atoms with E-state index in [0.717, 1.165) is 17.1 Å². The van der Waals surface area contributed by atoms with Gasteiger partial charge in [-0.25, -0.2) is 0 Å². The number of hydrogen-bond acceptors (Lipinski definition) is 2. The third kappa shape index (κ3) is 2.08. The Morgan fingerprint density at radius 3 is 2.65 bits per heavy atom. The van der Waals surface area contributed by atoms with Gasteiger partial charge in [-0.2, -0.15) is 0 Å². The molecule has 0 N–H and O–H groups in total. The fourth-order valence-electron chi connectivity index (χ4n) is 1.78. The second-order valence-corrected chi connectivity index (χ2v) is 4.93. The summed E-state index contributed by atoms with van der Waals surface area (Å²) in [5.41, 5.74) is 2.38. The molecule has 2 heteroatoms. The normalized spacial score (nSPS) is 13.6. The zero-order valence-corrected chi connectivity index (χ0v) is 10.3. The molecule has 84 valence electrons. The van der Waals surface area contributed by atoms with Crippen LogP contribution >= 0.6 is 11.8 Å². The molecule has 2 aromatic rings. The zero-order valence-electron chi connectivity index (χ0n) is 9.51. The number of benzene rings is 2. The predicted molar refractivity (Wildman–Crippen MR) is 72.1 cm³/mol. The molecule has 2 aromatic carbocycles. The van der Waals surface area contributed by atoms with E-state index in [1.165, 1.54) is 10.5 Å². The summed E-state index contributed by atoms with van der Waals surface area (Å²) in [6.45, 7) is 2.09. The molecule has 0 aliphatic carbocycles. The van der Waals surface area contributed by atoms with Crippen molar-refractivity contribution < 1.29 is 4.74 Å². The van der Waals surface area contributed by atoms with Gasteiger partial charge in [-0.15, -0.1) is 0 Å². The molecule has 0 spiro atoms. The molecular formula is C15H12OS. The lowest BCUT2D eigenvalue weighted by atomic mass is 10.2. The van der Waals surface area contributed by atoms with E-state index in [1.807, 2.05) is 24.3 Å². The number of aryl methyl sites for hydroxylation is 1. The predicted octanol–water partition coefficient (Wildman–Crippen LogP) is 4.48. The molecule has 0 unspecified atom stereocenters. The van der Waals surface area contributed by atoms with Gasteiger partial charge in [-0.3, -0.25) is 0 Å². The summed E-state index contributed by atoms with van der Waals surface area (Å²) >= 11 is 1.72. The molecule has 1 aliphatic heterocycles. The lowest BCUT2D eigenvalue weighted by molar-refractivity contribution is 0.500. The van der Waals surface area contributed by atoms with Crippen LogP contribution in [0.2, 0.25) is 0 Å². The average molecular weight is 240 g/mol. The number of fused-ring (bicyclic) bond motifs is 1. The molecule has 1 aliphatic rings. The van der Waals surface area contributed by atoms with Gasteiger partial charge in [0.05, 0.1) is 4.90 Å². The highest BCUT2D eigenvalue weighted by molar-refractivity contribution is 8.02. The molecule has 3 rings (SSSR count). The monoisotopic (exact) mass is 240 g/mol. The third-order valence-corrected chi connectivity index (χ3v) is 3.58. The molecule has 0 aromatic heterocycles. The van der Waals surface area contributed by atoms with Crippen molar-refractivity contribution in [1.82, 2.24) is 0 Å². The minimum atomic E-state index is 0.923. The fraction of sp³-hybridized carbons (Fsp3) is 0.0667. The Morgan fingerprint density at radius 1 is 1.00 bits per heavy atom. The average Bonchev–Trinajstić information content (AvgIpc) is 2.39. The zero-order chi connectivity index (χ0) is 11.7. The Bertz CT molecular complexity index is 573. The molecule has 17 heavy (non-hydrogen) atoms.